The number of rotatable bonds is 5. The molecule has 1 aromatic rings. The number of carbonyl (C=O) groups is 2. The Hall–Kier alpha value is -1.95. The maximum absolute atomic E-state index is 14.2. The van der Waals surface area contributed by atoms with E-state index in [1.165, 1.54) is 6.07 Å². The predicted octanol–water partition coefficient (Wildman–Crippen LogP) is 1.56. The highest BCUT2D eigenvalue weighted by molar-refractivity contribution is 6.51. The summed E-state index contributed by atoms with van der Waals surface area (Å²) in [5, 5.41) is 11.3. The normalized spacial score (nSPS) is 13.7. The maximum atomic E-state index is 14.2. The molecule has 0 aromatic heterocycles. The van der Waals surface area contributed by atoms with Gasteiger partial charge in [0.05, 0.1) is 16.9 Å². The summed E-state index contributed by atoms with van der Waals surface area (Å²) in [6, 6.07) is 2.60. The molecule has 1 amide bonds. The first kappa shape index (κ1) is 14.5. The highest BCUT2D eigenvalue weighted by Gasteiger charge is 2.30. The van der Waals surface area contributed by atoms with Crippen LogP contribution in [0, 0.1) is 5.82 Å². The van der Waals surface area contributed by atoms with Gasteiger partial charge < -0.3 is 15.3 Å². The number of fused-ring (bicyclic) bond motifs is 1. The summed E-state index contributed by atoms with van der Waals surface area (Å²) in [6.07, 6.45) is 0.514. The van der Waals surface area contributed by atoms with Crippen LogP contribution in [0.4, 0.5) is 15.8 Å². The van der Waals surface area contributed by atoms with Crippen molar-refractivity contribution in [1.29, 1.82) is 0 Å². The van der Waals surface area contributed by atoms with Gasteiger partial charge in [0.25, 0.3) is 11.7 Å². The number of benzene rings is 1. The summed E-state index contributed by atoms with van der Waals surface area (Å²) < 4.78 is 14.2. The summed E-state index contributed by atoms with van der Waals surface area (Å²) in [6.45, 7) is 4.33. The topological polar surface area (TPSA) is 69.6 Å². The van der Waals surface area contributed by atoms with Gasteiger partial charge in [-0.15, -0.1) is 0 Å². The van der Waals surface area contributed by atoms with Crippen molar-refractivity contribution in [2.24, 2.45) is 0 Å². The molecule has 0 saturated heterocycles. The minimum Gasteiger partial charge on any atom is -0.396 e. The first-order valence-electron chi connectivity index (χ1n) is 6.52. The van der Waals surface area contributed by atoms with E-state index in [1.54, 1.807) is 4.90 Å². The number of anilines is 2. The van der Waals surface area contributed by atoms with Gasteiger partial charge in [0.2, 0.25) is 0 Å². The van der Waals surface area contributed by atoms with Crippen molar-refractivity contribution in [3.8, 4) is 0 Å². The quantitative estimate of drug-likeness (QED) is 0.803. The molecule has 20 heavy (non-hydrogen) atoms. The van der Waals surface area contributed by atoms with Crippen molar-refractivity contribution >= 4 is 23.1 Å². The van der Waals surface area contributed by atoms with Gasteiger partial charge in [0, 0.05) is 19.2 Å². The number of aliphatic hydroxyl groups excluding tert-OH is 1. The fourth-order valence-electron chi connectivity index (χ4n) is 2.27. The highest BCUT2D eigenvalue weighted by Crippen LogP contribution is 2.32. The fraction of sp³-hybridized carbons (Fsp3) is 0.429. The Bertz CT molecular complexity index is 558. The minimum absolute atomic E-state index is 0.0189. The largest absolute Gasteiger partial charge is 0.396 e. The molecule has 0 atom stereocenters. The zero-order valence-electron chi connectivity index (χ0n) is 11.4. The second kappa shape index (κ2) is 5.58. The minimum atomic E-state index is -0.733. The maximum Gasteiger partial charge on any atom is 0.296 e. The van der Waals surface area contributed by atoms with E-state index in [-0.39, 0.29) is 18.2 Å². The Morgan fingerprint density at radius 3 is 2.65 bits per heavy atom. The number of ketones is 1. The molecule has 0 bridgehead atoms. The van der Waals surface area contributed by atoms with Gasteiger partial charge in [-0.05, 0) is 32.4 Å². The molecule has 1 aliphatic heterocycles. The third kappa shape index (κ3) is 2.51. The zero-order chi connectivity index (χ0) is 14.9. The first-order chi connectivity index (χ1) is 9.45. The van der Waals surface area contributed by atoms with E-state index in [9.17, 15) is 14.0 Å². The van der Waals surface area contributed by atoms with Gasteiger partial charge in [-0.25, -0.2) is 4.39 Å². The molecule has 0 aliphatic carbocycles. The Kier molecular flexibility index (Phi) is 4.04. The monoisotopic (exact) mass is 280 g/mol. The molecule has 2 N–H and O–H groups in total. The third-order valence-corrected chi connectivity index (χ3v) is 3.28. The average Bonchev–Trinajstić information content (AvgIpc) is 2.66. The van der Waals surface area contributed by atoms with Gasteiger partial charge in [0.15, 0.2) is 0 Å². The Morgan fingerprint density at radius 1 is 1.35 bits per heavy atom. The number of Topliss-reactive ketones (excluding diaryl/α,β-unsaturated/α-hetero) is 1. The van der Waals surface area contributed by atoms with Gasteiger partial charge in [-0.2, -0.15) is 0 Å². The van der Waals surface area contributed by atoms with Gasteiger partial charge >= 0.3 is 0 Å². The number of nitrogens with zero attached hydrogens (tertiary/aromatic N) is 1. The van der Waals surface area contributed by atoms with E-state index in [0.717, 1.165) is 6.07 Å². The van der Waals surface area contributed by atoms with E-state index >= 15 is 0 Å². The molecule has 1 heterocycles. The molecule has 5 nitrogen and oxygen atoms in total. The number of halogens is 1. The number of hydrogen-bond donors (Lipinski definition) is 2. The second-order valence-corrected chi connectivity index (χ2v) is 5.00. The van der Waals surface area contributed by atoms with Crippen LogP contribution in [0.5, 0.6) is 0 Å². The SMILES string of the molecule is CC(C)N(CCCO)c1cc2c(cc1F)C(=O)C(=O)N2. The van der Waals surface area contributed by atoms with Crippen molar-refractivity contribution in [1.82, 2.24) is 0 Å². The van der Waals surface area contributed by atoms with E-state index in [4.69, 9.17) is 5.11 Å². The van der Waals surface area contributed by atoms with Crippen LogP contribution < -0.4 is 10.2 Å². The Balaban J connectivity index is 2.40. The fourth-order valence-corrected chi connectivity index (χ4v) is 2.27. The van der Waals surface area contributed by atoms with Crippen molar-refractivity contribution in [2.45, 2.75) is 26.3 Å². The van der Waals surface area contributed by atoms with Gasteiger partial charge in [0.1, 0.15) is 5.82 Å². The molecule has 6 heteroatoms. The molecular weight excluding hydrogens is 263 g/mol. The Morgan fingerprint density at radius 2 is 2.05 bits per heavy atom. The van der Waals surface area contributed by atoms with Crippen LogP contribution in [0.1, 0.15) is 30.6 Å². The molecule has 1 aliphatic rings. The lowest BCUT2D eigenvalue weighted by Gasteiger charge is -2.29. The van der Waals surface area contributed by atoms with Crippen LogP contribution in [-0.2, 0) is 4.79 Å². The van der Waals surface area contributed by atoms with Crippen LogP contribution in [0.15, 0.2) is 12.1 Å². The summed E-state index contributed by atoms with van der Waals surface area (Å²) in [4.78, 5) is 24.6. The molecule has 0 unspecified atom stereocenters. The number of amides is 1. The van der Waals surface area contributed by atoms with Crippen molar-refractivity contribution in [3.63, 3.8) is 0 Å². The molecule has 0 spiro atoms. The summed E-state index contributed by atoms with van der Waals surface area (Å²) in [5.74, 6) is -1.99. The Labute approximate surface area is 116 Å². The van der Waals surface area contributed by atoms with Crippen LogP contribution in [0.25, 0.3) is 0 Å². The van der Waals surface area contributed by atoms with Crippen LogP contribution in [0.3, 0.4) is 0 Å². The van der Waals surface area contributed by atoms with Crippen molar-refractivity contribution < 1.29 is 19.1 Å². The smallest absolute Gasteiger partial charge is 0.296 e. The summed E-state index contributed by atoms with van der Waals surface area (Å²) >= 11 is 0. The molecule has 108 valence electrons. The third-order valence-electron chi connectivity index (χ3n) is 3.28. The molecule has 0 radical (unpaired) electrons. The van der Waals surface area contributed by atoms with E-state index < -0.39 is 17.5 Å². The molecule has 2 rings (SSSR count). The lowest BCUT2D eigenvalue weighted by molar-refractivity contribution is -0.112. The number of aliphatic hydroxyl groups is 1. The first-order valence-corrected chi connectivity index (χ1v) is 6.52. The van der Waals surface area contributed by atoms with Crippen molar-refractivity contribution in [3.05, 3.63) is 23.5 Å². The summed E-state index contributed by atoms with van der Waals surface area (Å²) in [5.41, 5.74) is 0.732. The zero-order valence-corrected chi connectivity index (χ0v) is 11.4. The van der Waals surface area contributed by atoms with E-state index in [1.807, 2.05) is 13.8 Å². The molecule has 0 fully saturated rings. The lowest BCUT2D eigenvalue weighted by Crippen LogP contribution is -2.33. The van der Waals surface area contributed by atoms with Gasteiger partial charge in [-0.1, -0.05) is 0 Å². The van der Waals surface area contributed by atoms with E-state index in [0.29, 0.717) is 24.3 Å². The van der Waals surface area contributed by atoms with Crippen LogP contribution in [0.2, 0.25) is 0 Å². The van der Waals surface area contributed by atoms with Crippen LogP contribution in [-0.4, -0.2) is 36.0 Å². The lowest BCUT2D eigenvalue weighted by atomic mass is 10.1. The predicted molar refractivity (Wildman–Crippen MR) is 73.5 cm³/mol. The molecule has 0 saturated carbocycles. The number of carbonyl (C=O) groups excluding carboxylic acids is 2. The van der Waals surface area contributed by atoms with Crippen LogP contribution >= 0.6 is 0 Å². The second-order valence-electron chi connectivity index (χ2n) is 5.00. The molecule has 1 aromatic carbocycles. The number of hydrogen-bond acceptors (Lipinski definition) is 4. The number of nitrogens with one attached hydrogen (secondary N) is 1. The summed E-state index contributed by atoms with van der Waals surface area (Å²) in [7, 11) is 0. The molecular formula is C14H17FN2O3. The standard InChI is InChI=1S/C14H17FN2O3/c1-8(2)17(4-3-5-18)12-7-11-9(6-10(12)15)13(19)14(20)16-11/h6-8,18H,3-5H2,1-2H3,(H,16,19,20). The van der Waals surface area contributed by atoms with Gasteiger partial charge in [-0.3, -0.25) is 9.59 Å². The average molecular weight is 280 g/mol. The highest BCUT2D eigenvalue weighted by atomic mass is 19.1. The van der Waals surface area contributed by atoms with E-state index in [2.05, 4.69) is 5.32 Å². The van der Waals surface area contributed by atoms with Crippen molar-refractivity contribution in [2.75, 3.05) is 23.4 Å².